The standard InChI is InChI=1S/C12H14FNO2/c1-16-12(15)10-6-5-9(7-11(10)13)14-8-3-2-4-8/h5-8,14H,2-4H2,1H3. The largest absolute Gasteiger partial charge is 0.465 e. The molecule has 0 heterocycles. The number of rotatable bonds is 3. The van der Waals surface area contributed by atoms with Gasteiger partial charge in [-0.05, 0) is 37.5 Å². The number of esters is 1. The van der Waals surface area contributed by atoms with Crippen molar-refractivity contribution in [2.24, 2.45) is 0 Å². The first-order valence-corrected chi connectivity index (χ1v) is 5.35. The maximum absolute atomic E-state index is 13.5. The second-order valence-electron chi connectivity index (χ2n) is 3.96. The molecular formula is C12H14FNO2. The predicted octanol–water partition coefficient (Wildman–Crippen LogP) is 2.58. The van der Waals surface area contributed by atoms with Crippen LogP contribution < -0.4 is 5.32 Å². The lowest BCUT2D eigenvalue weighted by Crippen LogP contribution is -2.27. The minimum absolute atomic E-state index is 0.0262. The molecule has 0 bridgehead atoms. The van der Waals surface area contributed by atoms with Crippen LogP contribution in [0.4, 0.5) is 10.1 Å². The van der Waals surface area contributed by atoms with Gasteiger partial charge in [0.1, 0.15) is 5.82 Å². The molecule has 1 aliphatic carbocycles. The van der Waals surface area contributed by atoms with Gasteiger partial charge in [-0.2, -0.15) is 0 Å². The van der Waals surface area contributed by atoms with Crippen LogP contribution in [0.3, 0.4) is 0 Å². The number of hydrogen-bond donors (Lipinski definition) is 1. The van der Waals surface area contributed by atoms with Crippen molar-refractivity contribution in [1.82, 2.24) is 0 Å². The summed E-state index contributed by atoms with van der Waals surface area (Å²) >= 11 is 0. The third-order valence-corrected chi connectivity index (χ3v) is 2.85. The molecule has 3 nitrogen and oxygen atoms in total. The third kappa shape index (κ3) is 2.15. The molecule has 2 rings (SSSR count). The highest BCUT2D eigenvalue weighted by atomic mass is 19.1. The van der Waals surface area contributed by atoms with Crippen LogP contribution in [0.5, 0.6) is 0 Å². The van der Waals surface area contributed by atoms with E-state index in [1.165, 1.54) is 25.7 Å². The SMILES string of the molecule is COC(=O)c1ccc(NC2CCC2)cc1F. The molecule has 0 aromatic heterocycles. The molecule has 86 valence electrons. The molecule has 0 radical (unpaired) electrons. The quantitative estimate of drug-likeness (QED) is 0.800. The molecule has 16 heavy (non-hydrogen) atoms. The number of ether oxygens (including phenoxy) is 1. The zero-order valence-electron chi connectivity index (χ0n) is 9.13. The molecule has 0 saturated heterocycles. The highest BCUT2D eigenvalue weighted by Gasteiger charge is 2.18. The lowest BCUT2D eigenvalue weighted by Gasteiger charge is -2.27. The van der Waals surface area contributed by atoms with Crippen LogP contribution in [0.25, 0.3) is 0 Å². The Morgan fingerprint density at radius 2 is 2.25 bits per heavy atom. The van der Waals surface area contributed by atoms with Gasteiger partial charge < -0.3 is 10.1 Å². The summed E-state index contributed by atoms with van der Waals surface area (Å²) in [4.78, 5) is 11.2. The van der Waals surface area contributed by atoms with E-state index in [9.17, 15) is 9.18 Å². The van der Waals surface area contributed by atoms with Gasteiger partial charge in [-0.25, -0.2) is 9.18 Å². The second-order valence-corrected chi connectivity index (χ2v) is 3.96. The van der Waals surface area contributed by atoms with E-state index in [0.717, 1.165) is 18.5 Å². The van der Waals surface area contributed by atoms with Crippen molar-refractivity contribution < 1.29 is 13.9 Å². The first-order chi connectivity index (χ1) is 7.70. The van der Waals surface area contributed by atoms with Crippen LogP contribution in [-0.4, -0.2) is 19.1 Å². The van der Waals surface area contributed by atoms with Crippen LogP contribution in [-0.2, 0) is 4.74 Å². The minimum Gasteiger partial charge on any atom is -0.465 e. The molecule has 1 aliphatic rings. The van der Waals surface area contributed by atoms with Gasteiger partial charge in [0, 0.05) is 11.7 Å². The zero-order valence-corrected chi connectivity index (χ0v) is 9.13. The lowest BCUT2D eigenvalue weighted by atomic mass is 9.93. The number of hydrogen-bond acceptors (Lipinski definition) is 3. The summed E-state index contributed by atoms with van der Waals surface area (Å²) in [6, 6.07) is 4.93. The van der Waals surface area contributed by atoms with Crippen molar-refractivity contribution in [3.8, 4) is 0 Å². The van der Waals surface area contributed by atoms with Crippen molar-refractivity contribution in [3.63, 3.8) is 0 Å². The minimum atomic E-state index is -0.646. The van der Waals surface area contributed by atoms with E-state index in [-0.39, 0.29) is 5.56 Å². The van der Waals surface area contributed by atoms with Crippen LogP contribution in [0.1, 0.15) is 29.6 Å². The van der Waals surface area contributed by atoms with E-state index < -0.39 is 11.8 Å². The van der Waals surface area contributed by atoms with Crippen molar-refractivity contribution in [2.75, 3.05) is 12.4 Å². The third-order valence-electron chi connectivity index (χ3n) is 2.85. The molecule has 0 unspecified atom stereocenters. The van der Waals surface area contributed by atoms with Gasteiger partial charge in [-0.1, -0.05) is 0 Å². The number of anilines is 1. The Bertz CT molecular complexity index is 402. The average molecular weight is 223 g/mol. The number of carbonyl (C=O) groups excluding carboxylic acids is 1. The van der Waals surface area contributed by atoms with Crippen LogP contribution in [0, 0.1) is 5.82 Å². The molecule has 0 aliphatic heterocycles. The summed E-state index contributed by atoms with van der Waals surface area (Å²) in [5, 5.41) is 3.21. The van der Waals surface area contributed by atoms with Crippen LogP contribution >= 0.6 is 0 Å². The molecule has 0 spiro atoms. The van der Waals surface area contributed by atoms with E-state index in [1.807, 2.05) is 0 Å². The molecule has 1 saturated carbocycles. The van der Waals surface area contributed by atoms with Crippen molar-refractivity contribution in [2.45, 2.75) is 25.3 Å². The van der Waals surface area contributed by atoms with E-state index in [2.05, 4.69) is 10.1 Å². The molecular weight excluding hydrogens is 209 g/mol. The summed E-state index contributed by atoms with van der Waals surface area (Å²) in [6.45, 7) is 0. The normalized spacial score (nSPS) is 15.4. The molecule has 1 aromatic rings. The van der Waals surface area contributed by atoms with Gasteiger partial charge in [0.2, 0.25) is 0 Å². The lowest BCUT2D eigenvalue weighted by molar-refractivity contribution is 0.0595. The maximum Gasteiger partial charge on any atom is 0.340 e. The monoisotopic (exact) mass is 223 g/mol. The highest BCUT2D eigenvalue weighted by Crippen LogP contribution is 2.24. The molecule has 4 heteroatoms. The predicted molar refractivity (Wildman–Crippen MR) is 59.0 cm³/mol. The molecule has 0 atom stereocenters. The Labute approximate surface area is 93.6 Å². The first kappa shape index (κ1) is 10.9. The van der Waals surface area contributed by atoms with Crippen LogP contribution in [0.15, 0.2) is 18.2 Å². The van der Waals surface area contributed by atoms with E-state index in [4.69, 9.17) is 0 Å². The summed E-state index contributed by atoms with van der Waals surface area (Å²) in [5.41, 5.74) is 0.691. The summed E-state index contributed by atoms with van der Waals surface area (Å²) in [6.07, 6.45) is 3.47. The van der Waals surface area contributed by atoms with Gasteiger partial charge in [-0.3, -0.25) is 0 Å². The second kappa shape index (κ2) is 4.51. The van der Waals surface area contributed by atoms with Crippen molar-refractivity contribution in [3.05, 3.63) is 29.6 Å². The summed E-state index contributed by atoms with van der Waals surface area (Å²) < 4.78 is 18.0. The Hall–Kier alpha value is -1.58. The highest BCUT2D eigenvalue weighted by molar-refractivity contribution is 5.90. The summed E-state index contributed by atoms with van der Waals surface area (Å²) in [7, 11) is 1.24. The van der Waals surface area contributed by atoms with Gasteiger partial charge >= 0.3 is 5.97 Å². The van der Waals surface area contributed by atoms with E-state index in [1.54, 1.807) is 6.07 Å². The number of benzene rings is 1. The fourth-order valence-electron chi connectivity index (χ4n) is 1.67. The molecule has 1 aromatic carbocycles. The van der Waals surface area contributed by atoms with Gasteiger partial charge in [0.15, 0.2) is 0 Å². The van der Waals surface area contributed by atoms with Gasteiger partial charge in [0.05, 0.1) is 12.7 Å². The number of halogens is 1. The van der Waals surface area contributed by atoms with Crippen molar-refractivity contribution >= 4 is 11.7 Å². The fourth-order valence-corrected chi connectivity index (χ4v) is 1.67. The Kier molecular flexibility index (Phi) is 3.08. The summed E-state index contributed by atoms with van der Waals surface area (Å²) in [5.74, 6) is -1.19. The topological polar surface area (TPSA) is 38.3 Å². The molecule has 1 N–H and O–H groups in total. The number of carbonyl (C=O) groups is 1. The molecule has 1 fully saturated rings. The Morgan fingerprint density at radius 3 is 2.75 bits per heavy atom. The Morgan fingerprint density at radius 1 is 1.50 bits per heavy atom. The first-order valence-electron chi connectivity index (χ1n) is 5.35. The Balaban J connectivity index is 2.11. The maximum atomic E-state index is 13.5. The van der Waals surface area contributed by atoms with Gasteiger partial charge in [-0.15, -0.1) is 0 Å². The van der Waals surface area contributed by atoms with E-state index >= 15 is 0 Å². The zero-order chi connectivity index (χ0) is 11.5. The van der Waals surface area contributed by atoms with E-state index in [0.29, 0.717) is 6.04 Å². The molecule has 0 amide bonds. The fraction of sp³-hybridized carbons (Fsp3) is 0.417. The van der Waals surface area contributed by atoms with Gasteiger partial charge in [0.25, 0.3) is 0 Å². The average Bonchev–Trinajstić information content (AvgIpc) is 2.23. The van der Waals surface area contributed by atoms with Crippen molar-refractivity contribution in [1.29, 1.82) is 0 Å². The van der Waals surface area contributed by atoms with Crippen LogP contribution in [0.2, 0.25) is 0 Å². The smallest absolute Gasteiger partial charge is 0.340 e. The number of methoxy groups -OCH3 is 1. The number of nitrogens with one attached hydrogen (secondary N) is 1.